The van der Waals surface area contributed by atoms with Crippen molar-refractivity contribution in [3.8, 4) is 0 Å². The van der Waals surface area contributed by atoms with Crippen LogP contribution in [0.15, 0.2) is 36.5 Å². The molecule has 1 fully saturated rings. The third-order valence-corrected chi connectivity index (χ3v) is 5.46. The van der Waals surface area contributed by atoms with Gasteiger partial charge >= 0.3 is 0 Å². The van der Waals surface area contributed by atoms with Crippen molar-refractivity contribution in [3.63, 3.8) is 0 Å². The van der Waals surface area contributed by atoms with Crippen LogP contribution in [0.25, 0.3) is 0 Å². The maximum absolute atomic E-state index is 2.61. The molecule has 120 valence electrons. The Hall–Kier alpha value is -1.24. The minimum atomic E-state index is 0.249. The largest absolute Gasteiger partial charge is 0.375 e. The van der Waals surface area contributed by atoms with E-state index in [0.29, 0.717) is 5.92 Å². The minimum absolute atomic E-state index is 0.249. The quantitative estimate of drug-likeness (QED) is 0.685. The molecule has 0 saturated heterocycles. The van der Waals surface area contributed by atoms with Gasteiger partial charge in [0.25, 0.3) is 0 Å². The van der Waals surface area contributed by atoms with Gasteiger partial charge in [0.05, 0.1) is 0 Å². The Morgan fingerprint density at radius 1 is 0.909 bits per heavy atom. The summed E-state index contributed by atoms with van der Waals surface area (Å²) in [6.45, 7) is 8.08. The van der Waals surface area contributed by atoms with Crippen LogP contribution >= 0.6 is 0 Å². The fraction of sp³-hybridized carbons (Fsp3) is 0.619. The number of hydrogen-bond acceptors (Lipinski definition) is 1. The molecule has 1 unspecified atom stereocenters. The zero-order chi connectivity index (χ0) is 15.6. The van der Waals surface area contributed by atoms with Crippen molar-refractivity contribution in [2.45, 2.75) is 76.7 Å². The molecule has 0 amide bonds. The van der Waals surface area contributed by atoms with Crippen LogP contribution in [0, 0.1) is 0 Å². The van der Waals surface area contributed by atoms with E-state index < -0.39 is 0 Å². The summed E-state index contributed by atoms with van der Waals surface area (Å²) in [6, 6.07) is 10.1. The molecule has 1 aromatic rings. The predicted molar refractivity (Wildman–Crippen MR) is 95.2 cm³/mol. The van der Waals surface area contributed by atoms with Crippen LogP contribution in [0.2, 0.25) is 0 Å². The van der Waals surface area contributed by atoms with Crippen molar-refractivity contribution in [2.24, 2.45) is 0 Å². The summed E-state index contributed by atoms with van der Waals surface area (Å²) in [4.78, 5) is 2.61. The van der Waals surface area contributed by atoms with Crippen molar-refractivity contribution in [1.29, 1.82) is 0 Å². The molecule has 1 heteroatoms. The van der Waals surface area contributed by atoms with Crippen LogP contribution in [-0.4, -0.2) is 17.5 Å². The Morgan fingerprint density at radius 3 is 2.14 bits per heavy atom. The van der Waals surface area contributed by atoms with Gasteiger partial charge in [-0.25, -0.2) is 0 Å². The molecular weight excluding hydrogens is 266 g/mol. The van der Waals surface area contributed by atoms with Gasteiger partial charge in [-0.05, 0) is 42.0 Å². The standard InChI is InChI=1S/C21H31N/c1-21(2,3)19-11-9-17(10-12-19)18-13-15-22(16-14-18)20-7-5-4-6-8-20/h9-13,15,18,20H,4-8,14,16H2,1-3H3. The first-order chi connectivity index (χ1) is 10.5. The van der Waals surface area contributed by atoms with Crippen molar-refractivity contribution in [2.75, 3.05) is 6.54 Å². The summed E-state index contributed by atoms with van der Waals surface area (Å²) in [5, 5.41) is 0. The van der Waals surface area contributed by atoms with E-state index in [1.807, 2.05) is 0 Å². The average Bonchev–Trinajstić information content (AvgIpc) is 2.55. The van der Waals surface area contributed by atoms with E-state index in [2.05, 4.69) is 62.2 Å². The fourth-order valence-corrected chi connectivity index (χ4v) is 3.90. The summed E-state index contributed by atoms with van der Waals surface area (Å²) in [5.74, 6) is 0.605. The molecule has 0 N–H and O–H groups in total. The molecule has 0 radical (unpaired) electrons. The van der Waals surface area contributed by atoms with Gasteiger partial charge in [-0.1, -0.05) is 70.4 Å². The Balaban J connectivity index is 1.64. The van der Waals surface area contributed by atoms with Crippen molar-refractivity contribution >= 4 is 0 Å². The molecule has 1 aliphatic carbocycles. The summed E-state index contributed by atoms with van der Waals surface area (Å²) in [7, 11) is 0. The Bertz CT molecular complexity index is 500. The maximum Gasteiger partial charge on any atom is 0.0284 e. The lowest BCUT2D eigenvalue weighted by molar-refractivity contribution is 0.205. The highest BCUT2D eigenvalue weighted by Gasteiger charge is 2.23. The van der Waals surface area contributed by atoms with Gasteiger partial charge in [-0.15, -0.1) is 0 Å². The van der Waals surface area contributed by atoms with Crippen LogP contribution in [0.1, 0.15) is 76.3 Å². The second-order valence-electron chi connectivity index (χ2n) is 8.14. The van der Waals surface area contributed by atoms with Gasteiger partial charge in [0, 0.05) is 18.5 Å². The van der Waals surface area contributed by atoms with Crippen LogP contribution in [0.4, 0.5) is 0 Å². The number of allylic oxidation sites excluding steroid dienone is 1. The molecule has 1 nitrogen and oxygen atoms in total. The van der Waals surface area contributed by atoms with Crippen molar-refractivity contribution < 1.29 is 0 Å². The minimum Gasteiger partial charge on any atom is -0.375 e. The molecule has 1 atom stereocenters. The molecule has 1 aromatic carbocycles. The smallest absolute Gasteiger partial charge is 0.0284 e. The lowest BCUT2D eigenvalue weighted by atomic mass is 9.84. The molecule has 3 rings (SSSR count). The first-order valence-electron chi connectivity index (χ1n) is 9.08. The molecule has 1 aliphatic heterocycles. The molecule has 1 heterocycles. The molecule has 2 aliphatic rings. The van der Waals surface area contributed by atoms with E-state index in [1.165, 1.54) is 56.2 Å². The van der Waals surface area contributed by atoms with Gasteiger partial charge in [0.15, 0.2) is 0 Å². The third kappa shape index (κ3) is 3.56. The Kier molecular flexibility index (Phi) is 4.61. The van der Waals surface area contributed by atoms with Crippen LogP contribution < -0.4 is 0 Å². The fourth-order valence-electron chi connectivity index (χ4n) is 3.90. The second-order valence-corrected chi connectivity index (χ2v) is 8.14. The normalized spacial score (nSPS) is 23.8. The number of hydrogen-bond donors (Lipinski definition) is 0. The van der Waals surface area contributed by atoms with Crippen LogP contribution in [0.3, 0.4) is 0 Å². The van der Waals surface area contributed by atoms with Gasteiger partial charge in [0.1, 0.15) is 0 Å². The Morgan fingerprint density at radius 2 is 1.59 bits per heavy atom. The lowest BCUT2D eigenvalue weighted by Gasteiger charge is -2.37. The maximum atomic E-state index is 2.61. The summed E-state index contributed by atoms with van der Waals surface area (Å²) in [5.41, 5.74) is 3.16. The monoisotopic (exact) mass is 297 g/mol. The molecule has 22 heavy (non-hydrogen) atoms. The zero-order valence-electron chi connectivity index (χ0n) is 14.5. The molecular formula is C21H31N. The second kappa shape index (κ2) is 6.48. The number of nitrogens with zero attached hydrogens (tertiary/aromatic N) is 1. The zero-order valence-corrected chi connectivity index (χ0v) is 14.5. The summed E-state index contributed by atoms with van der Waals surface area (Å²) in [6.07, 6.45) is 13.2. The van der Waals surface area contributed by atoms with E-state index in [4.69, 9.17) is 0 Å². The third-order valence-electron chi connectivity index (χ3n) is 5.46. The first-order valence-corrected chi connectivity index (χ1v) is 9.08. The molecule has 1 saturated carbocycles. The van der Waals surface area contributed by atoms with Gasteiger partial charge in [-0.2, -0.15) is 0 Å². The highest BCUT2D eigenvalue weighted by atomic mass is 15.1. The summed E-state index contributed by atoms with van der Waals surface area (Å²) >= 11 is 0. The van der Waals surface area contributed by atoms with Gasteiger partial charge in [-0.3, -0.25) is 0 Å². The van der Waals surface area contributed by atoms with Gasteiger partial charge in [0.2, 0.25) is 0 Å². The van der Waals surface area contributed by atoms with E-state index in [0.717, 1.165) is 6.04 Å². The van der Waals surface area contributed by atoms with Crippen molar-refractivity contribution in [3.05, 3.63) is 47.7 Å². The molecule has 0 aromatic heterocycles. The summed E-state index contributed by atoms with van der Waals surface area (Å²) < 4.78 is 0. The lowest BCUT2D eigenvalue weighted by Crippen LogP contribution is -2.35. The highest BCUT2D eigenvalue weighted by molar-refractivity contribution is 5.32. The number of rotatable bonds is 2. The first kappa shape index (κ1) is 15.6. The van der Waals surface area contributed by atoms with Crippen molar-refractivity contribution in [1.82, 2.24) is 4.90 Å². The molecule has 0 bridgehead atoms. The van der Waals surface area contributed by atoms with E-state index >= 15 is 0 Å². The average molecular weight is 297 g/mol. The van der Waals surface area contributed by atoms with Crippen LogP contribution in [0.5, 0.6) is 0 Å². The van der Waals surface area contributed by atoms with E-state index in [9.17, 15) is 0 Å². The predicted octanol–water partition coefficient (Wildman–Crippen LogP) is 5.62. The van der Waals surface area contributed by atoms with E-state index in [-0.39, 0.29) is 5.41 Å². The van der Waals surface area contributed by atoms with Gasteiger partial charge < -0.3 is 4.90 Å². The topological polar surface area (TPSA) is 3.24 Å². The number of benzene rings is 1. The molecule has 0 spiro atoms. The van der Waals surface area contributed by atoms with E-state index in [1.54, 1.807) is 0 Å². The van der Waals surface area contributed by atoms with Crippen LogP contribution in [-0.2, 0) is 5.41 Å². The Labute approximate surface area is 136 Å². The SMILES string of the molecule is CC(C)(C)c1ccc(C2C=CN(C3CCCCC3)CC2)cc1. The highest BCUT2D eigenvalue weighted by Crippen LogP contribution is 2.31.